The molecule has 5 rings (SSSR count). The van der Waals surface area contributed by atoms with Gasteiger partial charge in [0.15, 0.2) is 5.75 Å². The summed E-state index contributed by atoms with van der Waals surface area (Å²) in [5.41, 5.74) is 5.08. The Morgan fingerprint density at radius 3 is 2.73 bits per heavy atom. The molecule has 4 aromatic rings. The number of nitrogens with one attached hydrogen (secondary N) is 1. The van der Waals surface area contributed by atoms with Gasteiger partial charge < -0.3 is 14.5 Å². The molecule has 1 atom stereocenters. The Bertz CT molecular complexity index is 1210. The third kappa shape index (κ3) is 3.54. The molecule has 0 spiro atoms. The molecule has 0 radical (unpaired) electrons. The molecule has 1 unspecified atom stereocenters. The van der Waals surface area contributed by atoms with Crippen LogP contribution < -0.4 is 10.1 Å². The van der Waals surface area contributed by atoms with Crippen molar-refractivity contribution in [2.24, 2.45) is 5.92 Å². The molecule has 2 aromatic carbocycles. The predicted molar refractivity (Wildman–Crippen MR) is 117 cm³/mol. The molecular formula is C25H23N3O2. The van der Waals surface area contributed by atoms with Crippen molar-refractivity contribution < 1.29 is 9.53 Å². The molecule has 0 saturated heterocycles. The number of benzene rings is 2. The van der Waals surface area contributed by atoms with E-state index in [4.69, 9.17) is 9.72 Å². The van der Waals surface area contributed by atoms with Crippen molar-refractivity contribution in [1.29, 1.82) is 0 Å². The lowest BCUT2D eigenvalue weighted by atomic mass is 9.89. The van der Waals surface area contributed by atoms with Crippen molar-refractivity contribution in [2.75, 3.05) is 5.32 Å². The van der Waals surface area contributed by atoms with Gasteiger partial charge in [0, 0.05) is 24.2 Å². The second-order valence-corrected chi connectivity index (χ2v) is 7.78. The number of carbonyl (C=O) groups is 1. The highest BCUT2D eigenvalue weighted by molar-refractivity contribution is 5.94. The van der Waals surface area contributed by atoms with Gasteiger partial charge >= 0.3 is 0 Å². The van der Waals surface area contributed by atoms with Gasteiger partial charge in [0.2, 0.25) is 5.91 Å². The third-order valence-electron chi connectivity index (χ3n) is 5.60. The predicted octanol–water partition coefficient (Wildman–Crippen LogP) is 5.18. The van der Waals surface area contributed by atoms with Gasteiger partial charge in [-0.1, -0.05) is 36.4 Å². The Balaban J connectivity index is 1.36. The highest BCUT2D eigenvalue weighted by atomic mass is 16.5. The van der Waals surface area contributed by atoms with Crippen molar-refractivity contribution in [2.45, 2.75) is 26.2 Å². The average Bonchev–Trinajstić information content (AvgIpc) is 3.13. The van der Waals surface area contributed by atoms with Gasteiger partial charge in [0.1, 0.15) is 11.4 Å². The van der Waals surface area contributed by atoms with Gasteiger partial charge in [-0.15, -0.1) is 0 Å². The Morgan fingerprint density at radius 2 is 1.87 bits per heavy atom. The van der Waals surface area contributed by atoms with Gasteiger partial charge in [-0.05, 0) is 55.7 Å². The fourth-order valence-corrected chi connectivity index (χ4v) is 4.04. The van der Waals surface area contributed by atoms with Gasteiger partial charge in [-0.25, -0.2) is 4.98 Å². The van der Waals surface area contributed by atoms with Crippen molar-refractivity contribution in [3.05, 3.63) is 89.9 Å². The molecule has 1 aliphatic rings. The number of amides is 1. The molecule has 0 saturated carbocycles. The normalized spacial score (nSPS) is 15.6. The summed E-state index contributed by atoms with van der Waals surface area (Å²) < 4.78 is 8.12. The molecule has 0 fully saturated rings. The molecule has 30 heavy (non-hydrogen) atoms. The van der Waals surface area contributed by atoms with E-state index in [-0.39, 0.29) is 11.8 Å². The number of carbonyl (C=O) groups excluding carboxylic acids is 1. The fraction of sp³-hybridized carbons (Fsp3) is 0.200. The number of hydrogen-bond acceptors (Lipinski definition) is 3. The van der Waals surface area contributed by atoms with E-state index in [1.807, 2.05) is 60.7 Å². The number of pyridine rings is 1. The summed E-state index contributed by atoms with van der Waals surface area (Å²) in [7, 11) is 0. The van der Waals surface area contributed by atoms with Crippen LogP contribution in [0.15, 0.2) is 72.9 Å². The number of nitrogens with zero attached hydrogens (tertiary/aromatic N) is 2. The molecule has 2 aromatic heterocycles. The molecule has 1 N–H and O–H groups in total. The van der Waals surface area contributed by atoms with Gasteiger partial charge in [-0.2, -0.15) is 0 Å². The number of para-hydroxylation sites is 3. The zero-order valence-electron chi connectivity index (χ0n) is 16.8. The molecule has 1 amide bonds. The Kier molecular flexibility index (Phi) is 4.71. The zero-order chi connectivity index (χ0) is 20.5. The van der Waals surface area contributed by atoms with E-state index in [0.29, 0.717) is 17.9 Å². The van der Waals surface area contributed by atoms with Crippen molar-refractivity contribution in [3.8, 4) is 11.5 Å². The minimum atomic E-state index is -0.0947. The molecule has 0 aliphatic heterocycles. The summed E-state index contributed by atoms with van der Waals surface area (Å²) in [6.07, 6.45) is 4.40. The molecule has 150 valence electrons. The Morgan fingerprint density at radius 1 is 1.07 bits per heavy atom. The van der Waals surface area contributed by atoms with Gasteiger partial charge in [-0.3, -0.25) is 4.79 Å². The number of aryl methyl sites for hydroxylation is 2. The van der Waals surface area contributed by atoms with Crippen LogP contribution in [0.2, 0.25) is 0 Å². The number of imidazole rings is 1. The van der Waals surface area contributed by atoms with E-state index < -0.39 is 0 Å². The highest BCUT2D eigenvalue weighted by Gasteiger charge is 2.28. The quantitative estimate of drug-likeness (QED) is 0.516. The van der Waals surface area contributed by atoms with Crippen LogP contribution in [-0.4, -0.2) is 15.3 Å². The van der Waals surface area contributed by atoms with E-state index in [1.165, 1.54) is 5.56 Å². The summed E-state index contributed by atoms with van der Waals surface area (Å²) in [6, 6.07) is 21.3. The van der Waals surface area contributed by atoms with Crippen LogP contribution in [0, 0.1) is 12.8 Å². The van der Waals surface area contributed by atoms with Crippen molar-refractivity contribution >= 4 is 17.2 Å². The molecule has 0 bridgehead atoms. The molecular weight excluding hydrogens is 374 g/mol. The fourth-order valence-electron chi connectivity index (χ4n) is 4.04. The van der Waals surface area contributed by atoms with E-state index in [1.54, 1.807) is 0 Å². The molecule has 2 heterocycles. The van der Waals surface area contributed by atoms with Crippen LogP contribution in [0.25, 0.3) is 5.65 Å². The lowest BCUT2D eigenvalue weighted by Gasteiger charge is -2.22. The van der Waals surface area contributed by atoms with E-state index in [0.717, 1.165) is 35.6 Å². The topological polar surface area (TPSA) is 55.6 Å². The van der Waals surface area contributed by atoms with E-state index in [2.05, 4.69) is 28.9 Å². The van der Waals surface area contributed by atoms with E-state index >= 15 is 0 Å². The lowest BCUT2D eigenvalue weighted by molar-refractivity contribution is -0.120. The van der Waals surface area contributed by atoms with E-state index in [9.17, 15) is 4.79 Å². The van der Waals surface area contributed by atoms with Gasteiger partial charge in [0.25, 0.3) is 0 Å². The summed E-state index contributed by atoms with van der Waals surface area (Å²) in [6.45, 7) is 2.07. The first-order valence-electron chi connectivity index (χ1n) is 10.3. The van der Waals surface area contributed by atoms with Crippen molar-refractivity contribution in [3.63, 3.8) is 0 Å². The monoisotopic (exact) mass is 397 g/mol. The van der Waals surface area contributed by atoms with Gasteiger partial charge in [0.05, 0.1) is 11.4 Å². The van der Waals surface area contributed by atoms with Crippen LogP contribution in [0.5, 0.6) is 11.5 Å². The molecule has 1 aliphatic carbocycles. The summed E-state index contributed by atoms with van der Waals surface area (Å²) in [5, 5.41) is 3.09. The summed E-state index contributed by atoms with van der Waals surface area (Å²) >= 11 is 0. The minimum absolute atomic E-state index is 0.0207. The third-order valence-corrected chi connectivity index (χ3v) is 5.60. The minimum Gasteiger partial charge on any atom is -0.455 e. The van der Waals surface area contributed by atoms with Crippen molar-refractivity contribution in [1.82, 2.24) is 9.38 Å². The lowest BCUT2D eigenvalue weighted by Crippen LogP contribution is -2.28. The van der Waals surface area contributed by atoms with Crippen LogP contribution in [0.4, 0.5) is 5.69 Å². The maximum atomic E-state index is 13.1. The number of hydrogen-bond donors (Lipinski definition) is 1. The second kappa shape index (κ2) is 7.67. The Hall–Kier alpha value is -3.60. The maximum Gasteiger partial charge on any atom is 0.227 e. The summed E-state index contributed by atoms with van der Waals surface area (Å²) in [4.78, 5) is 17.9. The number of fused-ring (bicyclic) bond motifs is 3. The highest BCUT2D eigenvalue weighted by Crippen LogP contribution is 2.32. The second-order valence-electron chi connectivity index (χ2n) is 7.78. The number of rotatable bonds is 4. The first-order chi connectivity index (χ1) is 14.7. The van der Waals surface area contributed by atoms with Crippen LogP contribution >= 0.6 is 0 Å². The smallest absolute Gasteiger partial charge is 0.227 e. The first-order valence-corrected chi connectivity index (χ1v) is 10.3. The molecule has 5 nitrogen and oxygen atoms in total. The SMILES string of the molecule is Cc1ccc2nc3c(n2c1)CC(C(=O)Nc1ccccc1Oc1ccccc1)CC3. The van der Waals surface area contributed by atoms with Crippen LogP contribution in [-0.2, 0) is 17.6 Å². The van der Waals surface area contributed by atoms with Crippen LogP contribution in [0.1, 0.15) is 23.4 Å². The molecule has 5 heteroatoms. The number of anilines is 1. The standard InChI is InChI=1S/C25H23N3O2/c1-17-11-14-24-26-20-13-12-18(15-22(20)28(24)16-17)25(29)27-21-9-5-6-10-23(21)30-19-7-3-2-4-8-19/h2-11,14,16,18H,12-13,15H2,1H3,(H,27,29). The zero-order valence-corrected chi connectivity index (χ0v) is 16.8. The largest absolute Gasteiger partial charge is 0.455 e. The number of aromatic nitrogens is 2. The number of ether oxygens (including phenoxy) is 1. The average molecular weight is 397 g/mol. The summed E-state index contributed by atoms with van der Waals surface area (Å²) in [5.74, 6) is 1.30. The maximum absolute atomic E-state index is 13.1. The Labute approximate surface area is 175 Å². The van der Waals surface area contributed by atoms with Crippen LogP contribution in [0.3, 0.4) is 0 Å². The first kappa shape index (κ1) is 18.4.